The van der Waals surface area contributed by atoms with Crippen LogP contribution in [-0.2, 0) is 11.3 Å². The minimum absolute atomic E-state index is 0.126. The Morgan fingerprint density at radius 3 is 2.45 bits per heavy atom. The molecule has 6 heteroatoms. The summed E-state index contributed by atoms with van der Waals surface area (Å²) in [6, 6.07) is 14.0. The van der Waals surface area contributed by atoms with Crippen molar-refractivity contribution in [1.82, 2.24) is 4.90 Å². The van der Waals surface area contributed by atoms with E-state index in [1.807, 2.05) is 36.4 Å². The van der Waals surface area contributed by atoms with Crippen LogP contribution in [0.1, 0.15) is 71.3 Å². The maximum absolute atomic E-state index is 13.5. The van der Waals surface area contributed by atoms with Gasteiger partial charge in [0, 0.05) is 35.7 Å². The molecule has 3 saturated carbocycles. The van der Waals surface area contributed by atoms with Gasteiger partial charge in [-0.1, -0.05) is 32.4 Å². The predicted molar refractivity (Wildman–Crippen MR) is 158 cm³/mol. The summed E-state index contributed by atoms with van der Waals surface area (Å²) in [6.45, 7) is 8.08. The number of piperidine rings is 1. The zero-order valence-corrected chi connectivity index (χ0v) is 25.4. The number of halogens is 1. The van der Waals surface area contributed by atoms with Crippen molar-refractivity contribution >= 4 is 17.5 Å². The average molecular weight is 566 g/mol. The van der Waals surface area contributed by atoms with Gasteiger partial charge in [0.15, 0.2) is 0 Å². The molecule has 0 N–H and O–H groups in total. The summed E-state index contributed by atoms with van der Waals surface area (Å²) in [5.74, 6) is 5.27. The Kier molecular flexibility index (Phi) is 7.26. The molecular weight excluding hydrogens is 522 g/mol. The summed E-state index contributed by atoms with van der Waals surface area (Å²) in [6.07, 6.45) is 7.68. The van der Waals surface area contributed by atoms with Crippen molar-refractivity contribution < 1.29 is 19.0 Å². The maximum atomic E-state index is 13.5. The molecule has 0 spiro atoms. The van der Waals surface area contributed by atoms with Crippen LogP contribution in [0.4, 0.5) is 0 Å². The van der Waals surface area contributed by atoms with Crippen LogP contribution in [0.2, 0.25) is 5.02 Å². The molecule has 4 fully saturated rings. The number of nitrogens with zero attached hydrogens (tertiary/aromatic N) is 1. The van der Waals surface area contributed by atoms with Gasteiger partial charge in [0.2, 0.25) is 5.91 Å². The molecule has 0 aromatic heterocycles. The van der Waals surface area contributed by atoms with Gasteiger partial charge in [-0.3, -0.25) is 4.79 Å². The van der Waals surface area contributed by atoms with E-state index in [4.69, 9.17) is 25.8 Å². The molecule has 4 aliphatic rings. The van der Waals surface area contributed by atoms with E-state index in [9.17, 15) is 4.79 Å². The minimum atomic E-state index is 0.126. The number of carbonyl (C=O) groups excluding carboxylic acids is 1. The van der Waals surface area contributed by atoms with Crippen LogP contribution in [0.5, 0.6) is 17.2 Å². The number of rotatable bonds is 6. The van der Waals surface area contributed by atoms with Crippen LogP contribution in [-0.4, -0.2) is 37.2 Å². The Balaban J connectivity index is 1.24. The van der Waals surface area contributed by atoms with Crippen LogP contribution in [0.15, 0.2) is 42.5 Å². The molecule has 0 radical (unpaired) electrons. The molecule has 216 valence electrons. The number of benzene rings is 2. The molecule has 1 aliphatic heterocycles. The highest BCUT2D eigenvalue weighted by Gasteiger charge is 2.62. The van der Waals surface area contributed by atoms with Crippen LogP contribution in [0.3, 0.4) is 0 Å². The zero-order chi connectivity index (χ0) is 28.2. The van der Waals surface area contributed by atoms with Crippen LogP contribution in [0, 0.1) is 34.5 Å². The fourth-order valence-electron chi connectivity index (χ4n) is 9.47. The molecule has 0 unspecified atom stereocenters. The molecule has 0 bridgehead atoms. The van der Waals surface area contributed by atoms with E-state index in [-0.39, 0.29) is 23.5 Å². The van der Waals surface area contributed by atoms with Crippen LogP contribution < -0.4 is 14.2 Å². The lowest BCUT2D eigenvalue weighted by Gasteiger charge is -2.63. The second kappa shape index (κ2) is 10.5. The zero-order valence-electron chi connectivity index (χ0n) is 24.6. The van der Waals surface area contributed by atoms with E-state index >= 15 is 0 Å². The number of amides is 1. The summed E-state index contributed by atoms with van der Waals surface area (Å²) in [4.78, 5) is 15.7. The van der Waals surface area contributed by atoms with Gasteiger partial charge >= 0.3 is 0 Å². The summed E-state index contributed by atoms with van der Waals surface area (Å²) in [5.41, 5.74) is 1.49. The number of hydrogen-bond donors (Lipinski definition) is 0. The quantitative estimate of drug-likeness (QED) is 0.359. The maximum Gasteiger partial charge on any atom is 0.223 e. The SMILES string of the molecule is COc1ccc(CN2C(=O)CC[C@]3(C)[C@H]4CC[C@]5(C)C[C@@H](Oc6ccc(Cl)cc6)C[C@H]5[C@@H]4[C@@H](C)C[C@@H]23)c(OC)c1. The minimum Gasteiger partial charge on any atom is -0.497 e. The second-order valence-electron chi connectivity index (χ2n) is 13.6. The number of carbonyl (C=O) groups is 1. The van der Waals surface area contributed by atoms with E-state index in [1.165, 1.54) is 12.8 Å². The molecule has 1 heterocycles. The van der Waals surface area contributed by atoms with Gasteiger partial charge in [0.1, 0.15) is 17.2 Å². The lowest BCUT2D eigenvalue weighted by atomic mass is 9.45. The Bertz CT molecular complexity index is 1250. The summed E-state index contributed by atoms with van der Waals surface area (Å²) < 4.78 is 17.7. The smallest absolute Gasteiger partial charge is 0.223 e. The van der Waals surface area contributed by atoms with Gasteiger partial charge < -0.3 is 19.1 Å². The first-order chi connectivity index (χ1) is 19.1. The fourth-order valence-corrected chi connectivity index (χ4v) is 9.59. The lowest BCUT2D eigenvalue weighted by molar-refractivity contribution is -0.169. The molecule has 1 saturated heterocycles. The Morgan fingerprint density at radius 1 is 0.975 bits per heavy atom. The van der Waals surface area contributed by atoms with Crippen molar-refractivity contribution in [2.75, 3.05) is 14.2 Å². The first kappa shape index (κ1) is 27.8. The first-order valence-corrected chi connectivity index (χ1v) is 15.5. The van der Waals surface area contributed by atoms with Gasteiger partial charge in [-0.05, 0) is 109 Å². The molecule has 1 amide bonds. The van der Waals surface area contributed by atoms with Crippen molar-refractivity contribution in [3.05, 3.63) is 53.1 Å². The van der Waals surface area contributed by atoms with E-state index < -0.39 is 0 Å². The Labute approximate surface area is 244 Å². The average Bonchev–Trinajstić information content (AvgIpc) is 3.28. The molecule has 2 aromatic rings. The Hall–Kier alpha value is -2.40. The molecule has 2 aromatic carbocycles. The van der Waals surface area contributed by atoms with E-state index in [1.54, 1.807) is 14.2 Å². The molecule has 5 nitrogen and oxygen atoms in total. The van der Waals surface area contributed by atoms with E-state index in [0.29, 0.717) is 42.1 Å². The third kappa shape index (κ3) is 4.66. The molecule has 8 atom stereocenters. The number of likely N-dealkylation sites (tertiary alicyclic amines) is 1. The van der Waals surface area contributed by atoms with Crippen molar-refractivity contribution in [3.8, 4) is 17.2 Å². The number of hydrogen-bond acceptors (Lipinski definition) is 4. The third-order valence-electron chi connectivity index (χ3n) is 11.4. The molecular formula is C34H44ClNO4. The largest absolute Gasteiger partial charge is 0.497 e. The van der Waals surface area contributed by atoms with Crippen molar-refractivity contribution in [2.24, 2.45) is 34.5 Å². The highest BCUT2D eigenvalue weighted by atomic mass is 35.5. The standard InChI is InChI=1S/C34H44ClNO4/c1-21-16-30-34(3,15-13-31(37)36(30)20-22-6-9-25(38-4)18-29(22)39-5)27-12-14-33(2)19-26(17-28(33)32(21)27)40-24-10-7-23(35)8-11-24/h6-11,18,21,26-28,30,32H,12-17,19-20H2,1-5H3/t21-,26-,27-,28-,30+,32+,33+,34+/m0/s1. The monoisotopic (exact) mass is 565 g/mol. The van der Waals surface area contributed by atoms with Crippen molar-refractivity contribution in [2.45, 2.75) is 84.4 Å². The second-order valence-corrected chi connectivity index (χ2v) is 14.0. The van der Waals surface area contributed by atoms with Crippen LogP contribution in [0.25, 0.3) is 0 Å². The molecule has 3 aliphatic carbocycles. The summed E-state index contributed by atoms with van der Waals surface area (Å²) >= 11 is 6.11. The molecule has 6 rings (SSSR count). The lowest BCUT2D eigenvalue weighted by Crippen LogP contribution is -2.63. The van der Waals surface area contributed by atoms with E-state index in [0.717, 1.165) is 53.5 Å². The highest BCUT2D eigenvalue weighted by Crippen LogP contribution is 2.66. The normalized spacial score (nSPS) is 36.9. The number of ether oxygens (including phenoxy) is 3. The summed E-state index contributed by atoms with van der Waals surface area (Å²) in [5, 5.41) is 0.742. The van der Waals surface area contributed by atoms with Gasteiger partial charge in [-0.15, -0.1) is 0 Å². The van der Waals surface area contributed by atoms with E-state index in [2.05, 4.69) is 31.7 Å². The molecule has 40 heavy (non-hydrogen) atoms. The predicted octanol–water partition coefficient (Wildman–Crippen LogP) is 7.78. The van der Waals surface area contributed by atoms with Gasteiger partial charge in [0.05, 0.1) is 20.3 Å². The van der Waals surface area contributed by atoms with Crippen molar-refractivity contribution in [1.29, 1.82) is 0 Å². The van der Waals surface area contributed by atoms with Crippen molar-refractivity contribution in [3.63, 3.8) is 0 Å². The summed E-state index contributed by atoms with van der Waals surface area (Å²) in [7, 11) is 3.36. The van der Waals surface area contributed by atoms with Gasteiger partial charge in [-0.2, -0.15) is 0 Å². The Morgan fingerprint density at radius 2 is 1.73 bits per heavy atom. The number of fused-ring (bicyclic) bond motifs is 5. The highest BCUT2D eigenvalue weighted by molar-refractivity contribution is 6.30. The fraction of sp³-hybridized carbons (Fsp3) is 0.618. The third-order valence-corrected chi connectivity index (χ3v) is 11.7. The topological polar surface area (TPSA) is 48.0 Å². The number of methoxy groups -OCH3 is 2. The van der Waals surface area contributed by atoms with Gasteiger partial charge in [-0.25, -0.2) is 0 Å². The van der Waals surface area contributed by atoms with Gasteiger partial charge in [0.25, 0.3) is 0 Å². The first-order valence-electron chi connectivity index (χ1n) is 15.1. The van der Waals surface area contributed by atoms with Crippen LogP contribution >= 0.6 is 11.6 Å².